The second-order valence-corrected chi connectivity index (χ2v) is 8.10. The molecule has 0 spiro atoms. The topological polar surface area (TPSA) is 52.7 Å². The van der Waals surface area contributed by atoms with Crippen molar-refractivity contribution in [3.8, 4) is 0 Å². The molecule has 0 radical (unpaired) electrons. The maximum atomic E-state index is 13.1. The summed E-state index contributed by atoms with van der Waals surface area (Å²) in [6.07, 6.45) is 2.50. The number of aryl methyl sites for hydroxylation is 1. The monoisotopic (exact) mass is 485 g/mol. The number of hydrogen-bond donors (Lipinski definition) is 1. The molecule has 2 amide bonds. The van der Waals surface area contributed by atoms with Crippen LogP contribution in [0.15, 0.2) is 52.5 Å². The van der Waals surface area contributed by atoms with Crippen LogP contribution in [0.3, 0.4) is 0 Å². The number of amides is 2. The minimum atomic E-state index is -0.490. The molecule has 5 nitrogen and oxygen atoms in total. The molecule has 0 saturated carbocycles. The van der Waals surface area contributed by atoms with E-state index in [1.807, 2.05) is 42.5 Å². The maximum absolute atomic E-state index is 13.1. The highest BCUT2D eigenvalue weighted by Gasteiger charge is 2.34. The van der Waals surface area contributed by atoms with E-state index in [-0.39, 0.29) is 10.7 Å². The summed E-state index contributed by atoms with van der Waals surface area (Å²) in [6.45, 7) is 8.04. The Morgan fingerprint density at radius 2 is 1.73 bits per heavy atom. The molecule has 1 heterocycles. The van der Waals surface area contributed by atoms with E-state index < -0.39 is 11.8 Å². The molecule has 2 aromatic rings. The third kappa shape index (κ3) is 4.47. The smallest absolute Gasteiger partial charge is 0.270 e. The molecule has 7 heteroatoms. The van der Waals surface area contributed by atoms with Crippen LogP contribution in [0, 0.1) is 0 Å². The van der Waals surface area contributed by atoms with Crippen molar-refractivity contribution >= 4 is 62.5 Å². The van der Waals surface area contributed by atoms with Gasteiger partial charge in [-0.15, -0.1) is 0 Å². The van der Waals surface area contributed by atoms with Gasteiger partial charge in [0.2, 0.25) is 0 Å². The molecule has 0 aromatic heterocycles. The number of rotatable bonds is 6. The standard InChI is InChI=1S/C23H24BrN3O2S/c1-4-15-7-10-17(11-8-15)27-22(29)18(21(28)25-23(27)30)13-16-9-12-20(19(24)14-16)26(5-2)6-3/h7-14H,4-6H2,1-3H3,(H,25,28,30)/b18-13+. The molecule has 0 unspecified atom stereocenters. The van der Waals surface area contributed by atoms with Crippen LogP contribution in [0.25, 0.3) is 6.08 Å². The normalized spacial score (nSPS) is 15.5. The van der Waals surface area contributed by atoms with Crippen LogP contribution < -0.4 is 15.1 Å². The van der Waals surface area contributed by atoms with Gasteiger partial charge in [0.05, 0.1) is 11.4 Å². The summed E-state index contributed by atoms with van der Waals surface area (Å²) in [4.78, 5) is 29.2. The zero-order valence-electron chi connectivity index (χ0n) is 17.2. The molecular formula is C23H24BrN3O2S. The molecule has 3 rings (SSSR count). The van der Waals surface area contributed by atoms with Crippen LogP contribution in [0.2, 0.25) is 0 Å². The molecule has 0 bridgehead atoms. The number of thiocarbonyl (C=S) groups is 1. The Kier molecular flexibility index (Phi) is 7.05. The first-order valence-electron chi connectivity index (χ1n) is 9.94. The van der Waals surface area contributed by atoms with Crippen molar-refractivity contribution < 1.29 is 9.59 Å². The Bertz CT molecular complexity index is 1010. The fraction of sp³-hybridized carbons (Fsp3) is 0.261. The molecule has 1 saturated heterocycles. The van der Waals surface area contributed by atoms with E-state index >= 15 is 0 Å². The summed E-state index contributed by atoms with van der Waals surface area (Å²) >= 11 is 8.88. The summed E-state index contributed by atoms with van der Waals surface area (Å²) in [5, 5.41) is 2.72. The van der Waals surface area contributed by atoms with Crippen LogP contribution in [0.4, 0.5) is 11.4 Å². The van der Waals surface area contributed by atoms with E-state index in [9.17, 15) is 9.59 Å². The van der Waals surface area contributed by atoms with Gasteiger partial charge < -0.3 is 4.90 Å². The SMILES string of the molecule is CCc1ccc(N2C(=O)/C(=C/c3ccc(N(CC)CC)c(Br)c3)C(=O)NC2=S)cc1. The van der Waals surface area contributed by atoms with E-state index in [2.05, 4.69) is 46.9 Å². The quantitative estimate of drug-likeness (QED) is 0.366. The third-order valence-electron chi connectivity index (χ3n) is 5.09. The van der Waals surface area contributed by atoms with Gasteiger partial charge in [0.1, 0.15) is 5.57 Å². The Hall–Kier alpha value is -2.51. The van der Waals surface area contributed by atoms with Gasteiger partial charge in [0.25, 0.3) is 11.8 Å². The van der Waals surface area contributed by atoms with Gasteiger partial charge in [0.15, 0.2) is 5.11 Å². The Balaban J connectivity index is 1.95. The van der Waals surface area contributed by atoms with Crippen molar-refractivity contribution in [3.63, 3.8) is 0 Å². The highest BCUT2D eigenvalue weighted by atomic mass is 79.9. The van der Waals surface area contributed by atoms with Gasteiger partial charge in [-0.05, 0) is 89.9 Å². The summed E-state index contributed by atoms with van der Waals surface area (Å²) < 4.78 is 0.909. The van der Waals surface area contributed by atoms with E-state index in [0.717, 1.165) is 40.8 Å². The van der Waals surface area contributed by atoms with Crippen molar-refractivity contribution in [2.75, 3.05) is 22.9 Å². The van der Waals surface area contributed by atoms with Gasteiger partial charge in [-0.25, -0.2) is 0 Å². The summed E-state index contributed by atoms with van der Waals surface area (Å²) in [5.41, 5.74) is 3.66. The first-order valence-corrected chi connectivity index (χ1v) is 11.1. The largest absolute Gasteiger partial charge is 0.371 e. The zero-order chi connectivity index (χ0) is 21.8. The molecule has 1 aliphatic rings. The average Bonchev–Trinajstić information content (AvgIpc) is 2.73. The summed E-state index contributed by atoms with van der Waals surface area (Å²) in [6, 6.07) is 13.4. The predicted octanol–water partition coefficient (Wildman–Crippen LogP) is 4.69. The Morgan fingerprint density at radius 1 is 1.07 bits per heavy atom. The number of hydrogen-bond acceptors (Lipinski definition) is 4. The minimum Gasteiger partial charge on any atom is -0.371 e. The Labute approximate surface area is 190 Å². The Morgan fingerprint density at radius 3 is 2.30 bits per heavy atom. The first-order chi connectivity index (χ1) is 14.4. The lowest BCUT2D eigenvalue weighted by molar-refractivity contribution is -0.122. The number of nitrogens with zero attached hydrogens (tertiary/aromatic N) is 2. The first kappa shape index (κ1) is 22.2. The van der Waals surface area contributed by atoms with Gasteiger partial charge in [-0.2, -0.15) is 0 Å². The van der Waals surface area contributed by atoms with Crippen molar-refractivity contribution in [2.24, 2.45) is 0 Å². The molecule has 0 atom stereocenters. The van der Waals surface area contributed by atoms with Gasteiger partial charge in [-0.1, -0.05) is 25.1 Å². The summed E-state index contributed by atoms with van der Waals surface area (Å²) in [5.74, 6) is -0.924. The zero-order valence-corrected chi connectivity index (χ0v) is 19.6. The second-order valence-electron chi connectivity index (χ2n) is 6.86. The van der Waals surface area contributed by atoms with Crippen molar-refractivity contribution in [2.45, 2.75) is 27.2 Å². The molecule has 1 fully saturated rings. The fourth-order valence-electron chi connectivity index (χ4n) is 3.37. The van der Waals surface area contributed by atoms with Crippen LogP contribution in [-0.4, -0.2) is 30.0 Å². The van der Waals surface area contributed by atoms with Crippen LogP contribution in [0.1, 0.15) is 31.9 Å². The second kappa shape index (κ2) is 9.53. The van der Waals surface area contributed by atoms with Crippen molar-refractivity contribution in [1.82, 2.24) is 5.32 Å². The fourth-order valence-corrected chi connectivity index (χ4v) is 4.30. The molecule has 1 aliphatic heterocycles. The van der Waals surface area contributed by atoms with Crippen molar-refractivity contribution in [1.29, 1.82) is 0 Å². The number of carbonyl (C=O) groups is 2. The highest BCUT2D eigenvalue weighted by Crippen LogP contribution is 2.29. The predicted molar refractivity (Wildman–Crippen MR) is 130 cm³/mol. The number of nitrogens with one attached hydrogen (secondary N) is 1. The molecule has 156 valence electrons. The van der Waals surface area contributed by atoms with Gasteiger partial charge >= 0.3 is 0 Å². The van der Waals surface area contributed by atoms with Gasteiger partial charge in [-0.3, -0.25) is 19.8 Å². The van der Waals surface area contributed by atoms with Gasteiger partial charge in [0, 0.05) is 17.6 Å². The number of benzene rings is 2. The third-order valence-corrected chi connectivity index (χ3v) is 6.01. The van der Waals surface area contributed by atoms with E-state index in [1.54, 1.807) is 6.08 Å². The van der Waals surface area contributed by atoms with Crippen molar-refractivity contribution in [3.05, 3.63) is 63.6 Å². The van der Waals surface area contributed by atoms with Crippen LogP contribution in [0.5, 0.6) is 0 Å². The number of anilines is 2. The average molecular weight is 486 g/mol. The highest BCUT2D eigenvalue weighted by molar-refractivity contribution is 9.10. The van der Waals surface area contributed by atoms with E-state index in [4.69, 9.17) is 12.2 Å². The molecule has 2 aromatic carbocycles. The van der Waals surface area contributed by atoms with E-state index in [1.165, 1.54) is 4.90 Å². The number of halogens is 1. The summed E-state index contributed by atoms with van der Waals surface area (Å²) in [7, 11) is 0. The van der Waals surface area contributed by atoms with Crippen LogP contribution >= 0.6 is 28.1 Å². The van der Waals surface area contributed by atoms with Crippen LogP contribution in [-0.2, 0) is 16.0 Å². The maximum Gasteiger partial charge on any atom is 0.270 e. The van der Waals surface area contributed by atoms with E-state index in [0.29, 0.717) is 5.69 Å². The molecule has 30 heavy (non-hydrogen) atoms. The lowest BCUT2D eigenvalue weighted by Crippen LogP contribution is -2.54. The lowest BCUT2D eigenvalue weighted by Gasteiger charge is -2.29. The molecular weight excluding hydrogens is 462 g/mol. The lowest BCUT2D eigenvalue weighted by atomic mass is 10.1. The molecule has 1 N–H and O–H groups in total. The number of carbonyl (C=O) groups excluding carboxylic acids is 2. The molecule has 0 aliphatic carbocycles. The minimum absolute atomic E-state index is 0.0469.